The van der Waals surface area contributed by atoms with Crippen molar-refractivity contribution in [3.63, 3.8) is 0 Å². The standard InChI is InChI=1S/C19H24N2/c1-14-7-6-12-20-18(14)13-21-17-10-11-19(2,3)16-9-5-4-8-15(16)17/h4-9,12,17,21H,10-11,13H2,1-3H3. The zero-order valence-corrected chi connectivity index (χ0v) is 13.2. The molecule has 0 amide bonds. The van der Waals surface area contributed by atoms with E-state index in [-0.39, 0.29) is 5.41 Å². The third-order valence-electron chi connectivity index (χ3n) is 4.76. The molecule has 0 bridgehead atoms. The number of benzene rings is 1. The van der Waals surface area contributed by atoms with Crippen molar-refractivity contribution < 1.29 is 0 Å². The Morgan fingerprint density at radius 3 is 2.81 bits per heavy atom. The molecule has 0 radical (unpaired) electrons. The van der Waals surface area contributed by atoms with Gasteiger partial charge in [-0.2, -0.15) is 0 Å². The van der Waals surface area contributed by atoms with E-state index >= 15 is 0 Å². The molecule has 1 N–H and O–H groups in total. The van der Waals surface area contributed by atoms with Gasteiger partial charge in [-0.15, -0.1) is 0 Å². The summed E-state index contributed by atoms with van der Waals surface area (Å²) in [5.74, 6) is 0. The molecule has 1 aliphatic carbocycles. The van der Waals surface area contributed by atoms with Gasteiger partial charge in [0.2, 0.25) is 0 Å². The molecule has 1 aliphatic rings. The van der Waals surface area contributed by atoms with Crippen molar-refractivity contribution in [2.24, 2.45) is 0 Å². The van der Waals surface area contributed by atoms with Crippen LogP contribution in [0.15, 0.2) is 42.6 Å². The number of aromatic nitrogens is 1. The maximum atomic E-state index is 4.48. The maximum Gasteiger partial charge on any atom is 0.0570 e. The van der Waals surface area contributed by atoms with Crippen molar-refractivity contribution in [1.29, 1.82) is 0 Å². The van der Waals surface area contributed by atoms with Crippen molar-refractivity contribution in [2.45, 2.75) is 51.6 Å². The molecule has 0 spiro atoms. The molecule has 1 aromatic carbocycles. The van der Waals surface area contributed by atoms with Crippen LogP contribution in [-0.2, 0) is 12.0 Å². The minimum atomic E-state index is 0.287. The fraction of sp³-hybridized carbons (Fsp3) is 0.421. The fourth-order valence-corrected chi connectivity index (χ4v) is 3.35. The Balaban J connectivity index is 1.80. The van der Waals surface area contributed by atoms with E-state index in [1.165, 1.54) is 29.5 Å². The second-order valence-corrected chi connectivity index (χ2v) is 6.71. The molecule has 2 nitrogen and oxygen atoms in total. The van der Waals surface area contributed by atoms with E-state index in [0.29, 0.717) is 6.04 Å². The summed E-state index contributed by atoms with van der Waals surface area (Å²) in [6.45, 7) is 7.67. The van der Waals surface area contributed by atoms with Crippen LogP contribution in [0.5, 0.6) is 0 Å². The quantitative estimate of drug-likeness (QED) is 0.907. The first-order chi connectivity index (χ1) is 10.1. The van der Waals surface area contributed by atoms with Gasteiger partial charge in [0.05, 0.1) is 5.69 Å². The molecule has 2 heteroatoms. The predicted octanol–water partition coefficient (Wildman–Crippen LogP) is 4.29. The first-order valence-electron chi connectivity index (χ1n) is 7.81. The number of pyridine rings is 1. The summed E-state index contributed by atoms with van der Waals surface area (Å²) in [7, 11) is 0. The fourth-order valence-electron chi connectivity index (χ4n) is 3.35. The highest BCUT2D eigenvalue weighted by molar-refractivity contribution is 5.38. The Kier molecular flexibility index (Phi) is 3.81. The van der Waals surface area contributed by atoms with Crippen LogP contribution in [0.4, 0.5) is 0 Å². The van der Waals surface area contributed by atoms with Gasteiger partial charge >= 0.3 is 0 Å². The highest BCUT2D eigenvalue weighted by Crippen LogP contribution is 2.41. The Labute approximate surface area is 127 Å². The third kappa shape index (κ3) is 2.86. The van der Waals surface area contributed by atoms with E-state index in [1.54, 1.807) is 0 Å². The number of hydrogen-bond acceptors (Lipinski definition) is 2. The SMILES string of the molecule is Cc1cccnc1CNC1CCC(C)(C)c2ccccc21. The summed E-state index contributed by atoms with van der Waals surface area (Å²) in [5, 5.41) is 3.71. The van der Waals surface area contributed by atoms with Crippen molar-refractivity contribution in [3.8, 4) is 0 Å². The molecule has 3 rings (SSSR count). The molecule has 0 saturated heterocycles. The lowest BCUT2D eigenvalue weighted by atomic mass is 9.71. The first kappa shape index (κ1) is 14.3. The van der Waals surface area contributed by atoms with Crippen molar-refractivity contribution in [2.75, 3.05) is 0 Å². The van der Waals surface area contributed by atoms with Gasteiger partial charge in [-0.3, -0.25) is 4.98 Å². The normalized spacial score (nSPS) is 20.0. The number of rotatable bonds is 3. The second kappa shape index (κ2) is 5.61. The lowest BCUT2D eigenvalue weighted by Gasteiger charge is -2.37. The number of nitrogens with zero attached hydrogens (tertiary/aromatic N) is 1. The van der Waals surface area contributed by atoms with E-state index < -0.39 is 0 Å². The molecule has 0 aliphatic heterocycles. The summed E-state index contributed by atoms with van der Waals surface area (Å²) < 4.78 is 0. The first-order valence-corrected chi connectivity index (χ1v) is 7.81. The Morgan fingerprint density at radius 1 is 1.19 bits per heavy atom. The minimum Gasteiger partial charge on any atom is -0.304 e. The van der Waals surface area contributed by atoms with Gasteiger partial charge in [0.15, 0.2) is 0 Å². The molecule has 21 heavy (non-hydrogen) atoms. The van der Waals surface area contributed by atoms with Crippen LogP contribution in [0.25, 0.3) is 0 Å². The van der Waals surface area contributed by atoms with Crippen LogP contribution in [-0.4, -0.2) is 4.98 Å². The van der Waals surface area contributed by atoms with Gasteiger partial charge in [-0.05, 0) is 47.9 Å². The summed E-state index contributed by atoms with van der Waals surface area (Å²) in [5.41, 5.74) is 5.65. The summed E-state index contributed by atoms with van der Waals surface area (Å²) in [4.78, 5) is 4.48. The van der Waals surface area contributed by atoms with Gasteiger partial charge in [-0.1, -0.05) is 44.2 Å². The van der Waals surface area contributed by atoms with Crippen LogP contribution in [0.3, 0.4) is 0 Å². The third-order valence-corrected chi connectivity index (χ3v) is 4.76. The highest BCUT2D eigenvalue weighted by Gasteiger charge is 2.31. The lowest BCUT2D eigenvalue weighted by molar-refractivity contribution is 0.356. The highest BCUT2D eigenvalue weighted by atomic mass is 14.9. The monoisotopic (exact) mass is 280 g/mol. The van der Waals surface area contributed by atoms with Crippen LogP contribution in [0, 0.1) is 6.92 Å². The number of hydrogen-bond donors (Lipinski definition) is 1. The zero-order chi connectivity index (χ0) is 14.9. The smallest absolute Gasteiger partial charge is 0.0570 e. The minimum absolute atomic E-state index is 0.287. The van der Waals surface area contributed by atoms with Crippen molar-refractivity contribution in [3.05, 3.63) is 65.0 Å². The van der Waals surface area contributed by atoms with Crippen LogP contribution in [0.1, 0.15) is 55.1 Å². The largest absolute Gasteiger partial charge is 0.304 e. The van der Waals surface area contributed by atoms with Gasteiger partial charge in [0.25, 0.3) is 0 Å². The second-order valence-electron chi connectivity index (χ2n) is 6.71. The topological polar surface area (TPSA) is 24.9 Å². The molecule has 0 saturated carbocycles. The maximum absolute atomic E-state index is 4.48. The zero-order valence-electron chi connectivity index (χ0n) is 13.2. The number of nitrogens with one attached hydrogen (secondary N) is 1. The number of fused-ring (bicyclic) bond motifs is 1. The molecule has 0 fully saturated rings. The van der Waals surface area contributed by atoms with Gasteiger partial charge in [0.1, 0.15) is 0 Å². The Bertz CT molecular complexity index is 631. The lowest BCUT2D eigenvalue weighted by Crippen LogP contribution is -2.32. The number of aryl methyl sites for hydroxylation is 1. The Hall–Kier alpha value is -1.67. The summed E-state index contributed by atoms with van der Waals surface area (Å²) >= 11 is 0. The molecule has 1 heterocycles. The molecule has 1 aromatic heterocycles. The van der Waals surface area contributed by atoms with E-state index in [0.717, 1.165) is 12.2 Å². The predicted molar refractivity (Wildman–Crippen MR) is 87.3 cm³/mol. The van der Waals surface area contributed by atoms with Crippen molar-refractivity contribution >= 4 is 0 Å². The average molecular weight is 280 g/mol. The van der Waals surface area contributed by atoms with Gasteiger partial charge < -0.3 is 5.32 Å². The van der Waals surface area contributed by atoms with E-state index in [2.05, 4.69) is 61.4 Å². The van der Waals surface area contributed by atoms with Crippen LogP contribution in [0.2, 0.25) is 0 Å². The summed E-state index contributed by atoms with van der Waals surface area (Å²) in [6.07, 6.45) is 4.29. The van der Waals surface area contributed by atoms with Gasteiger partial charge in [-0.25, -0.2) is 0 Å². The van der Waals surface area contributed by atoms with Crippen LogP contribution < -0.4 is 5.32 Å². The molecular formula is C19H24N2. The molecule has 1 unspecified atom stereocenters. The molecule has 110 valence electrons. The summed E-state index contributed by atoms with van der Waals surface area (Å²) in [6, 6.07) is 13.4. The van der Waals surface area contributed by atoms with Crippen LogP contribution >= 0.6 is 0 Å². The van der Waals surface area contributed by atoms with E-state index in [4.69, 9.17) is 0 Å². The molecule has 2 aromatic rings. The van der Waals surface area contributed by atoms with Gasteiger partial charge in [0, 0.05) is 18.8 Å². The molecule has 1 atom stereocenters. The average Bonchev–Trinajstić information content (AvgIpc) is 2.48. The molecular weight excluding hydrogens is 256 g/mol. The van der Waals surface area contributed by atoms with E-state index in [9.17, 15) is 0 Å². The Morgan fingerprint density at radius 2 is 2.00 bits per heavy atom. The van der Waals surface area contributed by atoms with Crippen molar-refractivity contribution in [1.82, 2.24) is 10.3 Å². The van der Waals surface area contributed by atoms with E-state index in [1.807, 2.05) is 12.3 Å².